The molecular formula is C33H33N5O3S. The minimum atomic E-state index is -0.220. The van der Waals surface area contributed by atoms with Gasteiger partial charge in [0.15, 0.2) is 5.75 Å². The van der Waals surface area contributed by atoms with Crippen molar-refractivity contribution in [2.24, 2.45) is 0 Å². The van der Waals surface area contributed by atoms with Gasteiger partial charge in [-0.1, -0.05) is 18.2 Å². The molecule has 3 aromatic heterocycles. The molecule has 1 aliphatic carbocycles. The van der Waals surface area contributed by atoms with Gasteiger partial charge in [-0.05, 0) is 111 Å². The van der Waals surface area contributed by atoms with E-state index in [0.717, 1.165) is 53.9 Å². The van der Waals surface area contributed by atoms with E-state index in [2.05, 4.69) is 27.1 Å². The van der Waals surface area contributed by atoms with Crippen LogP contribution >= 0.6 is 11.3 Å². The van der Waals surface area contributed by atoms with Crippen LogP contribution in [0.15, 0.2) is 77.0 Å². The van der Waals surface area contributed by atoms with Crippen LogP contribution in [0.2, 0.25) is 0 Å². The number of rotatable bonds is 9. The Bertz CT molecular complexity index is 1770. The van der Waals surface area contributed by atoms with Crippen molar-refractivity contribution in [2.45, 2.75) is 51.2 Å². The van der Waals surface area contributed by atoms with Crippen molar-refractivity contribution in [3.8, 4) is 17.2 Å². The van der Waals surface area contributed by atoms with Gasteiger partial charge in [-0.25, -0.2) is 4.98 Å². The number of nitrogens with zero attached hydrogens (tertiary/aromatic N) is 3. The Kier molecular flexibility index (Phi) is 7.36. The smallest absolute Gasteiger partial charge is 0.295 e. The molecule has 1 saturated carbocycles. The van der Waals surface area contributed by atoms with Gasteiger partial charge in [-0.2, -0.15) is 4.98 Å². The van der Waals surface area contributed by atoms with Gasteiger partial charge in [0.2, 0.25) is 5.95 Å². The number of hydrogen-bond donors (Lipinski definition) is 2. The molecule has 5 aromatic rings. The SMILES string of the molecule is Cc1ccccc1Oc1cc2cnc(Nc3ccc(OC4CCNCC4)cc3)nc2n(Cc2ccsc2C2CC2)c1=O. The number of hydrogen-bond acceptors (Lipinski definition) is 8. The van der Waals surface area contributed by atoms with Crippen LogP contribution < -0.4 is 25.7 Å². The van der Waals surface area contributed by atoms with Gasteiger partial charge in [0.05, 0.1) is 6.54 Å². The molecule has 2 fully saturated rings. The summed E-state index contributed by atoms with van der Waals surface area (Å²) in [6, 6.07) is 19.4. The van der Waals surface area contributed by atoms with E-state index in [9.17, 15) is 4.79 Å². The number of pyridine rings is 1. The van der Waals surface area contributed by atoms with E-state index in [1.807, 2.05) is 55.5 Å². The number of ether oxygens (including phenoxy) is 2. The quantitative estimate of drug-likeness (QED) is 0.200. The number of para-hydroxylation sites is 1. The molecule has 0 spiro atoms. The molecule has 0 unspecified atom stereocenters. The average molecular weight is 580 g/mol. The highest BCUT2D eigenvalue weighted by atomic mass is 32.1. The molecular weight excluding hydrogens is 546 g/mol. The van der Waals surface area contributed by atoms with Crippen molar-refractivity contribution < 1.29 is 9.47 Å². The van der Waals surface area contributed by atoms with E-state index in [4.69, 9.17) is 14.5 Å². The molecule has 42 heavy (non-hydrogen) atoms. The fourth-order valence-corrected chi connectivity index (χ4v) is 6.50. The lowest BCUT2D eigenvalue weighted by molar-refractivity contribution is 0.162. The fourth-order valence-electron chi connectivity index (χ4n) is 5.41. The summed E-state index contributed by atoms with van der Waals surface area (Å²) in [5.41, 5.74) is 3.31. The summed E-state index contributed by atoms with van der Waals surface area (Å²) in [4.78, 5) is 24.7. The Balaban J connectivity index is 1.21. The normalized spacial score (nSPS) is 15.5. The first-order chi connectivity index (χ1) is 20.6. The van der Waals surface area contributed by atoms with Crippen LogP contribution in [0, 0.1) is 6.92 Å². The zero-order valence-electron chi connectivity index (χ0n) is 23.5. The standard InChI is InChI=1S/C33H33N5O3S/c1-21-4-2-3-5-28(21)41-29-18-24-19-35-33(36-25-8-10-26(11-9-25)40-27-12-15-34-16-13-27)37-31(24)38(32(29)39)20-23-14-17-42-30(23)22-6-7-22/h2-5,8-11,14,17-19,22,27,34H,6-7,12-13,15-16,20H2,1H3,(H,35,36,37). The topological polar surface area (TPSA) is 90.3 Å². The van der Waals surface area contributed by atoms with Crippen LogP contribution in [0.3, 0.4) is 0 Å². The van der Waals surface area contributed by atoms with Crippen molar-refractivity contribution in [1.82, 2.24) is 19.9 Å². The molecule has 2 aliphatic rings. The molecule has 0 amide bonds. The van der Waals surface area contributed by atoms with Crippen molar-refractivity contribution >= 4 is 34.0 Å². The first kappa shape index (κ1) is 26.7. The molecule has 1 saturated heterocycles. The van der Waals surface area contributed by atoms with Gasteiger partial charge in [0, 0.05) is 22.1 Å². The zero-order chi connectivity index (χ0) is 28.5. The summed E-state index contributed by atoms with van der Waals surface area (Å²) < 4.78 is 14.0. The highest BCUT2D eigenvalue weighted by Crippen LogP contribution is 2.44. The summed E-state index contributed by atoms with van der Waals surface area (Å²) in [6.07, 6.45) is 6.43. The maximum absolute atomic E-state index is 13.9. The number of aryl methyl sites for hydroxylation is 1. The van der Waals surface area contributed by atoms with E-state index in [0.29, 0.717) is 29.8 Å². The molecule has 0 radical (unpaired) electrons. The number of fused-ring (bicyclic) bond motifs is 1. The minimum Gasteiger partial charge on any atom is -0.490 e. The molecule has 9 heteroatoms. The number of benzene rings is 2. The van der Waals surface area contributed by atoms with E-state index >= 15 is 0 Å². The Morgan fingerprint density at radius 2 is 1.83 bits per heavy atom. The number of aromatic nitrogens is 3. The largest absolute Gasteiger partial charge is 0.490 e. The van der Waals surface area contributed by atoms with Gasteiger partial charge >= 0.3 is 0 Å². The van der Waals surface area contributed by atoms with E-state index in [1.165, 1.54) is 17.7 Å². The maximum atomic E-state index is 13.9. The first-order valence-electron chi connectivity index (χ1n) is 14.6. The lowest BCUT2D eigenvalue weighted by atomic mass is 10.1. The van der Waals surface area contributed by atoms with Gasteiger partial charge in [0.1, 0.15) is 23.3 Å². The van der Waals surface area contributed by atoms with E-state index in [-0.39, 0.29) is 17.4 Å². The first-order valence-corrected chi connectivity index (χ1v) is 15.4. The highest BCUT2D eigenvalue weighted by molar-refractivity contribution is 7.10. The van der Waals surface area contributed by atoms with Crippen LogP contribution in [0.4, 0.5) is 11.6 Å². The third-order valence-electron chi connectivity index (χ3n) is 7.86. The second-order valence-corrected chi connectivity index (χ2v) is 12.0. The number of anilines is 2. The van der Waals surface area contributed by atoms with Gasteiger partial charge in [0.25, 0.3) is 5.56 Å². The Labute approximate surface area is 248 Å². The maximum Gasteiger partial charge on any atom is 0.295 e. The van der Waals surface area contributed by atoms with Crippen molar-refractivity contribution in [3.63, 3.8) is 0 Å². The third kappa shape index (κ3) is 5.75. The highest BCUT2D eigenvalue weighted by Gasteiger charge is 2.28. The summed E-state index contributed by atoms with van der Waals surface area (Å²) in [6.45, 7) is 4.37. The van der Waals surface area contributed by atoms with Crippen molar-refractivity contribution in [3.05, 3.63) is 98.6 Å². The van der Waals surface area contributed by atoms with Crippen LogP contribution in [-0.2, 0) is 6.54 Å². The minimum absolute atomic E-state index is 0.220. The molecule has 0 atom stereocenters. The van der Waals surface area contributed by atoms with Gasteiger partial charge in [-0.15, -0.1) is 11.3 Å². The summed E-state index contributed by atoms with van der Waals surface area (Å²) in [5.74, 6) is 2.78. The Morgan fingerprint density at radius 3 is 2.62 bits per heavy atom. The van der Waals surface area contributed by atoms with E-state index in [1.54, 1.807) is 28.2 Å². The Morgan fingerprint density at radius 1 is 1.02 bits per heavy atom. The monoisotopic (exact) mass is 579 g/mol. The predicted octanol–water partition coefficient (Wildman–Crippen LogP) is 6.75. The molecule has 0 bridgehead atoms. The third-order valence-corrected chi connectivity index (χ3v) is 8.99. The second kappa shape index (κ2) is 11.6. The Hall–Kier alpha value is -4.21. The summed E-state index contributed by atoms with van der Waals surface area (Å²) >= 11 is 1.77. The van der Waals surface area contributed by atoms with Crippen LogP contribution in [-0.4, -0.2) is 33.7 Å². The number of piperidine rings is 1. The molecule has 7 rings (SSSR count). The fraction of sp³-hybridized carbons (Fsp3) is 0.303. The lowest BCUT2D eigenvalue weighted by Gasteiger charge is -2.23. The van der Waals surface area contributed by atoms with Crippen molar-refractivity contribution in [2.75, 3.05) is 18.4 Å². The summed E-state index contributed by atoms with van der Waals surface area (Å²) in [5, 5.41) is 9.51. The van der Waals surface area contributed by atoms with Crippen molar-refractivity contribution in [1.29, 1.82) is 0 Å². The van der Waals surface area contributed by atoms with Crippen LogP contribution in [0.25, 0.3) is 11.0 Å². The lowest BCUT2D eigenvalue weighted by Crippen LogP contribution is -2.34. The van der Waals surface area contributed by atoms with Gasteiger partial charge < -0.3 is 20.1 Å². The molecule has 214 valence electrons. The molecule has 2 N–H and O–H groups in total. The number of nitrogens with one attached hydrogen (secondary N) is 2. The average Bonchev–Trinajstić information content (AvgIpc) is 3.75. The van der Waals surface area contributed by atoms with Gasteiger partial charge in [-0.3, -0.25) is 9.36 Å². The molecule has 1 aliphatic heterocycles. The molecule has 4 heterocycles. The second-order valence-electron chi connectivity index (χ2n) is 11.0. The van der Waals surface area contributed by atoms with Crippen LogP contribution in [0.1, 0.15) is 47.6 Å². The van der Waals surface area contributed by atoms with E-state index < -0.39 is 0 Å². The van der Waals surface area contributed by atoms with Crippen LogP contribution in [0.5, 0.6) is 17.2 Å². The molecule has 8 nitrogen and oxygen atoms in total. The summed E-state index contributed by atoms with van der Waals surface area (Å²) in [7, 11) is 0. The number of thiophene rings is 1. The predicted molar refractivity (Wildman–Crippen MR) is 167 cm³/mol. The molecule has 2 aromatic carbocycles. The zero-order valence-corrected chi connectivity index (χ0v) is 24.3.